The van der Waals surface area contributed by atoms with Gasteiger partial charge in [0.2, 0.25) is 0 Å². The zero-order valence-electron chi connectivity index (χ0n) is 11.8. The van der Waals surface area contributed by atoms with Gasteiger partial charge in [-0.25, -0.2) is 0 Å². The van der Waals surface area contributed by atoms with Crippen molar-refractivity contribution in [2.75, 3.05) is 5.32 Å². The third kappa shape index (κ3) is 3.85. The lowest BCUT2D eigenvalue weighted by molar-refractivity contribution is -0.385. The maximum atomic E-state index is 12.5. The van der Waals surface area contributed by atoms with E-state index in [4.69, 9.17) is 0 Å². The van der Waals surface area contributed by atoms with Gasteiger partial charge >= 0.3 is 6.18 Å². The van der Waals surface area contributed by atoms with E-state index in [0.717, 1.165) is 30.3 Å². The molecule has 0 atom stereocenters. The number of carbonyl (C=O) groups is 1. The number of hydrogen-bond acceptors (Lipinski definition) is 3. The SMILES string of the molecule is Cc1ccc(C(=O)Nc2ccc(C(F)(F)F)cc2)cc1[N+](=O)[O-]. The number of rotatable bonds is 3. The first-order chi connectivity index (χ1) is 10.7. The van der Waals surface area contributed by atoms with Crippen LogP contribution in [-0.2, 0) is 6.18 Å². The number of aryl methyl sites for hydroxylation is 1. The molecule has 1 N–H and O–H groups in total. The van der Waals surface area contributed by atoms with E-state index in [0.29, 0.717) is 5.56 Å². The van der Waals surface area contributed by atoms with E-state index < -0.39 is 22.6 Å². The van der Waals surface area contributed by atoms with Crippen LogP contribution in [-0.4, -0.2) is 10.8 Å². The Hall–Kier alpha value is -2.90. The Morgan fingerprint density at radius 1 is 1.13 bits per heavy atom. The van der Waals surface area contributed by atoms with Gasteiger partial charge in [0.1, 0.15) is 0 Å². The van der Waals surface area contributed by atoms with Gasteiger partial charge in [-0.1, -0.05) is 6.07 Å². The van der Waals surface area contributed by atoms with Gasteiger partial charge in [0, 0.05) is 22.9 Å². The van der Waals surface area contributed by atoms with Crippen molar-refractivity contribution in [3.05, 3.63) is 69.3 Å². The van der Waals surface area contributed by atoms with E-state index in [-0.39, 0.29) is 16.9 Å². The number of alkyl halides is 3. The molecular formula is C15H11F3N2O3. The first-order valence-electron chi connectivity index (χ1n) is 6.42. The summed E-state index contributed by atoms with van der Waals surface area (Å²) >= 11 is 0. The molecule has 0 radical (unpaired) electrons. The summed E-state index contributed by atoms with van der Waals surface area (Å²) in [5, 5.41) is 13.2. The molecule has 0 aliphatic heterocycles. The normalized spacial score (nSPS) is 11.1. The second kappa shape index (κ2) is 6.07. The average Bonchev–Trinajstić information content (AvgIpc) is 2.47. The number of anilines is 1. The quantitative estimate of drug-likeness (QED) is 0.680. The standard InChI is InChI=1S/C15H11F3N2O3/c1-9-2-3-10(8-13(9)20(22)23)14(21)19-12-6-4-11(5-7-12)15(16,17)18/h2-8H,1H3,(H,19,21). The lowest BCUT2D eigenvalue weighted by Crippen LogP contribution is -2.13. The number of nitro groups is 1. The van der Waals surface area contributed by atoms with Gasteiger partial charge in [0.15, 0.2) is 0 Å². The highest BCUT2D eigenvalue weighted by molar-refractivity contribution is 6.04. The summed E-state index contributed by atoms with van der Waals surface area (Å²) in [5.74, 6) is -0.646. The van der Waals surface area contributed by atoms with Crippen LogP contribution in [0.15, 0.2) is 42.5 Å². The molecule has 1 amide bonds. The third-order valence-electron chi connectivity index (χ3n) is 3.14. The van der Waals surface area contributed by atoms with Crippen LogP contribution in [0.1, 0.15) is 21.5 Å². The molecule has 0 fully saturated rings. The smallest absolute Gasteiger partial charge is 0.322 e. The van der Waals surface area contributed by atoms with Crippen molar-refractivity contribution < 1.29 is 22.9 Å². The summed E-state index contributed by atoms with van der Waals surface area (Å²) in [6.07, 6.45) is -4.46. The van der Waals surface area contributed by atoms with Gasteiger partial charge in [-0.05, 0) is 37.3 Å². The van der Waals surface area contributed by atoms with E-state index in [1.54, 1.807) is 0 Å². The Balaban J connectivity index is 2.19. The second-order valence-corrected chi connectivity index (χ2v) is 4.79. The maximum absolute atomic E-state index is 12.5. The molecule has 0 aromatic heterocycles. The van der Waals surface area contributed by atoms with Crippen LogP contribution in [0, 0.1) is 17.0 Å². The molecule has 2 aromatic rings. The number of nitrogens with one attached hydrogen (secondary N) is 1. The number of benzene rings is 2. The molecular weight excluding hydrogens is 313 g/mol. The molecule has 0 saturated heterocycles. The maximum Gasteiger partial charge on any atom is 0.416 e. The minimum Gasteiger partial charge on any atom is -0.322 e. The van der Waals surface area contributed by atoms with Gasteiger partial charge in [-0.3, -0.25) is 14.9 Å². The molecule has 8 heteroatoms. The Bertz CT molecular complexity index is 756. The number of hydrogen-bond donors (Lipinski definition) is 1. The van der Waals surface area contributed by atoms with E-state index in [1.807, 2.05) is 0 Å². The third-order valence-corrected chi connectivity index (χ3v) is 3.14. The lowest BCUT2D eigenvalue weighted by Gasteiger charge is -2.09. The van der Waals surface area contributed by atoms with Crippen LogP contribution in [0.2, 0.25) is 0 Å². The van der Waals surface area contributed by atoms with Gasteiger partial charge in [0.25, 0.3) is 11.6 Å². The minimum atomic E-state index is -4.46. The van der Waals surface area contributed by atoms with Gasteiger partial charge < -0.3 is 5.32 Å². The topological polar surface area (TPSA) is 72.2 Å². The van der Waals surface area contributed by atoms with Crippen LogP contribution in [0.25, 0.3) is 0 Å². The minimum absolute atomic E-state index is 0.0437. The predicted molar refractivity (Wildman–Crippen MR) is 77.2 cm³/mol. The van der Waals surface area contributed by atoms with Crippen LogP contribution in [0.5, 0.6) is 0 Å². The Kier molecular flexibility index (Phi) is 4.35. The first kappa shape index (κ1) is 16.5. The fourth-order valence-electron chi connectivity index (χ4n) is 1.89. The molecule has 0 saturated carbocycles. The van der Waals surface area contributed by atoms with Crippen molar-refractivity contribution >= 4 is 17.3 Å². The number of amides is 1. The highest BCUT2D eigenvalue weighted by atomic mass is 19.4. The summed E-state index contributed by atoms with van der Waals surface area (Å²) in [6.45, 7) is 1.54. The van der Waals surface area contributed by atoms with Crippen molar-refractivity contribution in [3.8, 4) is 0 Å². The van der Waals surface area contributed by atoms with Crippen molar-refractivity contribution in [3.63, 3.8) is 0 Å². The van der Waals surface area contributed by atoms with E-state index in [9.17, 15) is 28.1 Å². The van der Waals surface area contributed by atoms with Gasteiger partial charge in [-0.2, -0.15) is 13.2 Å². The molecule has 0 unspecified atom stereocenters. The molecule has 2 aromatic carbocycles. The van der Waals surface area contributed by atoms with Gasteiger partial charge in [0.05, 0.1) is 10.5 Å². The zero-order chi connectivity index (χ0) is 17.2. The second-order valence-electron chi connectivity index (χ2n) is 4.79. The fourth-order valence-corrected chi connectivity index (χ4v) is 1.89. The van der Waals surface area contributed by atoms with Crippen LogP contribution in [0.4, 0.5) is 24.5 Å². The van der Waals surface area contributed by atoms with Gasteiger partial charge in [-0.15, -0.1) is 0 Å². The number of carbonyl (C=O) groups excluding carboxylic acids is 1. The van der Waals surface area contributed by atoms with Crippen LogP contribution in [0.3, 0.4) is 0 Å². The van der Waals surface area contributed by atoms with E-state index >= 15 is 0 Å². The lowest BCUT2D eigenvalue weighted by atomic mass is 10.1. The number of nitro benzene ring substituents is 1. The van der Waals surface area contributed by atoms with Crippen molar-refractivity contribution in [2.45, 2.75) is 13.1 Å². The molecule has 0 aliphatic carbocycles. The summed E-state index contributed by atoms with van der Waals surface area (Å²) in [4.78, 5) is 22.3. The summed E-state index contributed by atoms with van der Waals surface area (Å²) < 4.78 is 37.4. The fraction of sp³-hybridized carbons (Fsp3) is 0.133. The van der Waals surface area contributed by atoms with Crippen LogP contribution >= 0.6 is 0 Å². The highest BCUT2D eigenvalue weighted by Crippen LogP contribution is 2.30. The Morgan fingerprint density at radius 2 is 1.74 bits per heavy atom. The largest absolute Gasteiger partial charge is 0.416 e. The van der Waals surface area contributed by atoms with Crippen molar-refractivity contribution in [1.82, 2.24) is 0 Å². The predicted octanol–water partition coefficient (Wildman–Crippen LogP) is 4.17. The number of nitrogens with zero attached hydrogens (tertiary/aromatic N) is 1. The van der Waals surface area contributed by atoms with E-state index in [2.05, 4.69) is 5.32 Å². The summed E-state index contributed by atoms with van der Waals surface area (Å²) in [6, 6.07) is 7.86. The highest BCUT2D eigenvalue weighted by Gasteiger charge is 2.30. The molecule has 23 heavy (non-hydrogen) atoms. The molecule has 120 valence electrons. The molecule has 0 heterocycles. The monoisotopic (exact) mass is 324 g/mol. The Labute approximate surface area is 128 Å². The summed E-state index contributed by atoms with van der Waals surface area (Å²) in [7, 11) is 0. The van der Waals surface area contributed by atoms with Crippen molar-refractivity contribution in [2.24, 2.45) is 0 Å². The average molecular weight is 324 g/mol. The Morgan fingerprint density at radius 3 is 2.26 bits per heavy atom. The summed E-state index contributed by atoms with van der Waals surface area (Å²) in [5.41, 5.74) is -0.430. The van der Waals surface area contributed by atoms with Crippen LogP contribution < -0.4 is 5.32 Å². The zero-order valence-corrected chi connectivity index (χ0v) is 11.8. The molecule has 2 rings (SSSR count). The van der Waals surface area contributed by atoms with E-state index in [1.165, 1.54) is 19.1 Å². The molecule has 5 nitrogen and oxygen atoms in total. The molecule has 0 aliphatic rings. The first-order valence-corrected chi connectivity index (χ1v) is 6.42. The van der Waals surface area contributed by atoms with Crippen molar-refractivity contribution in [1.29, 1.82) is 0 Å². The molecule has 0 spiro atoms. The number of halogens is 3. The molecule has 0 bridgehead atoms.